The van der Waals surface area contributed by atoms with Crippen LogP contribution in [0.15, 0.2) is 52.9 Å². The van der Waals surface area contributed by atoms with Gasteiger partial charge in [-0.05, 0) is 49.8 Å². The Balaban J connectivity index is 1.38. The highest BCUT2D eigenvalue weighted by atomic mass is 35.5. The third kappa shape index (κ3) is 4.47. The monoisotopic (exact) mass is 506 g/mol. The Kier molecular flexibility index (Phi) is 6.28. The smallest absolute Gasteiger partial charge is 0.311 e. The van der Waals surface area contributed by atoms with Crippen molar-refractivity contribution in [2.75, 3.05) is 7.11 Å². The second-order valence-electron chi connectivity index (χ2n) is 8.40. The number of hydrogen-bond acceptors (Lipinski definition) is 7. The Labute approximate surface area is 212 Å². The predicted molar refractivity (Wildman–Crippen MR) is 134 cm³/mol. The van der Waals surface area contributed by atoms with Crippen molar-refractivity contribution in [2.45, 2.75) is 33.2 Å². The first kappa shape index (κ1) is 23.7. The molecule has 0 unspecified atom stereocenters. The van der Waals surface area contributed by atoms with Crippen molar-refractivity contribution in [2.24, 2.45) is 0 Å². The van der Waals surface area contributed by atoms with Gasteiger partial charge in [0.1, 0.15) is 23.0 Å². The first-order valence-electron chi connectivity index (χ1n) is 11.4. The number of allylic oxidation sites excluding steroid dienone is 1. The van der Waals surface area contributed by atoms with Gasteiger partial charge in [-0.3, -0.25) is 9.59 Å². The van der Waals surface area contributed by atoms with Crippen LogP contribution in [-0.4, -0.2) is 28.6 Å². The van der Waals surface area contributed by atoms with Gasteiger partial charge in [-0.2, -0.15) is 0 Å². The first-order valence-corrected chi connectivity index (χ1v) is 11.8. The van der Waals surface area contributed by atoms with Crippen molar-refractivity contribution in [1.82, 2.24) is 9.72 Å². The molecule has 0 amide bonds. The number of carbonyl (C=O) groups is 2. The molecule has 0 aliphatic carbocycles. The van der Waals surface area contributed by atoms with Crippen LogP contribution in [0.5, 0.6) is 17.2 Å². The first-order chi connectivity index (χ1) is 17.4. The number of benzene rings is 2. The lowest BCUT2D eigenvalue weighted by molar-refractivity contribution is -0.134. The minimum absolute atomic E-state index is 0.0809. The van der Waals surface area contributed by atoms with Gasteiger partial charge < -0.3 is 23.3 Å². The highest BCUT2D eigenvalue weighted by Crippen LogP contribution is 2.38. The summed E-state index contributed by atoms with van der Waals surface area (Å²) in [7, 11) is 1.62. The van der Waals surface area contributed by atoms with Crippen molar-refractivity contribution in [3.05, 3.63) is 76.0 Å². The van der Waals surface area contributed by atoms with Crippen molar-refractivity contribution in [1.29, 1.82) is 0 Å². The lowest BCUT2D eigenvalue weighted by Crippen LogP contribution is -2.09. The van der Waals surface area contributed by atoms with Gasteiger partial charge >= 0.3 is 5.97 Å². The molecule has 0 saturated heterocycles. The van der Waals surface area contributed by atoms with E-state index in [1.54, 1.807) is 38.3 Å². The molecule has 0 N–H and O–H groups in total. The second kappa shape index (κ2) is 9.54. The Bertz CT molecular complexity index is 1530. The van der Waals surface area contributed by atoms with Crippen LogP contribution in [0.25, 0.3) is 17.0 Å². The molecule has 2 aromatic heterocycles. The van der Waals surface area contributed by atoms with E-state index < -0.39 is 5.97 Å². The standard InChI is InChI=1S/C27H23ClN2O6/c1-4-30-14-16(20-11-17(33-3)5-7-21(20)30)10-23-27(32)26-15(2)9-19(12-22(26)35-23)34-25(31)8-6-18-13-24(28)29-36-18/h5,7,9-14H,4,6,8H2,1-3H3/b23-10-. The fourth-order valence-corrected chi connectivity index (χ4v) is 4.45. The van der Waals surface area contributed by atoms with Crippen molar-refractivity contribution in [3.63, 3.8) is 0 Å². The van der Waals surface area contributed by atoms with Gasteiger partial charge in [0.05, 0.1) is 19.1 Å². The number of aromatic nitrogens is 2. The van der Waals surface area contributed by atoms with Crippen molar-refractivity contribution >= 4 is 40.3 Å². The minimum Gasteiger partial charge on any atom is -0.497 e. The summed E-state index contributed by atoms with van der Waals surface area (Å²) in [5.41, 5.74) is 2.99. The van der Waals surface area contributed by atoms with Crippen LogP contribution >= 0.6 is 11.6 Å². The topological polar surface area (TPSA) is 92.8 Å². The Morgan fingerprint density at radius 1 is 1.19 bits per heavy atom. The quantitative estimate of drug-likeness (QED) is 0.178. The Morgan fingerprint density at radius 3 is 2.75 bits per heavy atom. The fourth-order valence-electron chi connectivity index (χ4n) is 4.30. The maximum Gasteiger partial charge on any atom is 0.311 e. The van der Waals surface area contributed by atoms with E-state index in [1.807, 2.05) is 24.4 Å². The summed E-state index contributed by atoms with van der Waals surface area (Å²) in [4.78, 5) is 25.5. The van der Waals surface area contributed by atoms with E-state index in [0.29, 0.717) is 34.8 Å². The average molecular weight is 507 g/mol. The molecule has 0 radical (unpaired) electrons. The molecule has 1 aliphatic heterocycles. The number of nitrogens with zero attached hydrogens (tertiary/aromatic N) is 2. The van der Waals surface area contributed by atoms with Crippen LogP contribution < -0.4 is 14.2 Å². The molecular weight excluding hydrogens is 484 g/mol. The molecule has 1 aliphatic rings. The maximum absolute atomic E-state index is 13.2. The molecule has 4 aromatic rings. The van der Waals surface area contributed by atoms with Crippen LogP contribution in [0, 0.1) is 6.92 Å². The zero-order chi connectivity index (χ0) is 25.4. The molecule has 0 saturated carbocycles. The van der Waals surface area contributed by atoms with E-state index in [4.69, 9.17) is 30.3 Å². The SMILES string of the molecule is CCn1cc(/C=C2\Oc3cc(OC(=O)CCc4cc(Cl)no4)cc(C)c3C2=O)c2cc(OC)ccc21. The number of halogens is 1. The molecule has 0 atom stereocenters. The lowest BCUT2D eigenvalue weighted by atomic mass is 10.0. The third-order valence-corrected chi connectivity index (χ3v) is 6.21. The van der Waals surface area contributed by atoms with Crippen LogP contribution in [0.3, 0.4) is 0 Å². The van der Waals surface area contributed by atoms with Gasteiger partial charge in [0, 0.05) is 47.8 Å². The molecule has 0 bridgehead atoms. The van der Waals surface area contributed by atoms with Crippen LogP contribution in [0.2, 0.25) is 5.15 Å². The highest BCUT2D eigenvalue weighted by Gasteiger charge is 2.30. The molecule has 3 heterocycles. The van der Waals surface area contributed by atoms with Gasteiger partial charge in [-0.25, -0.2) is 0 Å². The number of fused-ring (bicyclic) bond motifs is 2. The highest BCUT2D eigenvalue weighted by molar-refractivity contribution is 6.29. The number of ketones is 1. The van der Waals surface area contributed by atoms with Gasteiger partial charge in [0.15, 0.2) is 10.9 Å². The number of carbonyl (C=O) groups excluding carboxylic acids is 2. The van der Waals surface area contributed by atoms with E-state index in [1.165, 1.54) is 0 Å². The summed E-state index contributed by atoms with van der Waals surface area (Å²) in [5, 5.41) is 4.77. The van der Waals surface area contributed by atoms with Crippen LogP contribution in [0.1, 0.15) is 40.6 Å². The van der Waals surface area contributed by atoms with E-state index in [-0.39, 0.29) is 23.1 Å². The molecule has 2 aromatic carbocycles. The molecule has 8 nitrogen and oxygen atoms in total. The number of esters is 1. The number of rotatable bonds is 7. The van der Waals surface area contributed by atoms with E-state index in [0.717, 1.165) is 28.8 Å². The van der Waals surface area contributed by atoms with Gasteiger partial charge in [0.2, 0.25) is 5.78 Å². The number of aryl methyl sites for hydroxylation is 3. The van der Waals surface area contributed by atoms with Crippen LogP contribution in [-0.2, 0) is 17.8 Å². The third-order valence-electron chi connectivity index (χ3n) is 6.03. The summed E-state index contributed by atoms with van der Waals surface area (Å²) in [6.07, 6.45) is 4.11. The lowest BCUT2D eigenvalue weighted by Gasteiger charge is -2.07. The predicted octanol–water partition coefficient (Wildman–Crippen LogP) is 5.77. The molecule has 5 rings (SSSR count). The zero-order valence-electron chi connectivity index (χ0n) is 20.0. The minimum atomic E-state index is -0.455. The Morgan fingerprint density at radius 2 is 2.03 bits per heavy atom. The molecule has 9 heteroatoms. The summed E-state index contributed by atoms with van der Waals surface area (Å²) in [5.74, 6) is 1.41. The second-order valence-corrected chi connectivity index (χ2v) is 8.78. The number of ether oxygens (including phenoxy) is 3. The van der Waals surface area contributed by atoms with Gasteiger partial charge in [-0.1, -0.05) is 16.8 Å². The number of methoxy groups -OCH3 is 1. The zero-order valence-corrected chi connectivity index (χ0v) is 20.7. The molecule has 0 spiro atoms. The largest absolute Gasteiger partial charge is 0.497 e. The molecule has 184 valence electrons. The van der Waals surface area contributed by atoms with Gasteiger partial charge in [0.25, 0.3) is 0 Å². The summed E-state index contributed by atoms with van der Waals surface area (Å²) >= 11 is 5.73. The normalized spacial score (nSPS) is 13.8. The fraction of sp³-hybridized carbons (Fsp3) is 0.222. The molecular formula is C27H23ClN2O6. The summed E-state index contributed by atoms with van der Waals surface area (Å²) in [6.45, 7) is 4.61. The van der Waals surface area contributed by atoms with Crippen LogP contribution in [0.4, 0.5) is 0 Å². The Hall–Kier alpha value is -4.04. The summed E-state index contributed by atoms with van der Waals surface area (Å²) < 4.78 is 23.9. The van der Waals surface area contributed by atoms with Gasteiger partial charge in [-0.15, -0.1) is 0 Å². The summed E-state index contributed by atoms with van der Waals surface area (Å²) in [6, 6.07) is 10.6. The van der Waals surface area contributed by atoms with E-state index >= 15 is 0 Å². The number of hydrogen-bond donors (Lipinski definition) is 0. The van der Waals surface area contributed by atoms with Crippen molar-refractivity contribution < 1.29 is 28.3 Å². The van der Waals surface area contributed by atoms with E-state index in [9.17, 15) is 9.59 Å². The maximum atomic E-state index is 13.2. The van der Waals surface area contributed by atoms with Crippen molar-refractivity contribution in [3.8, 4) is 17.2 Å². The van der Waals surface area contributed by atoms with E-state index in [2.05, 4.69) is 16.6 Å². The number of Topliss-reactive ketones (excluding diaryl/α,β-unsaturated/α-hetero) is 1. The average Bonchev–Trinajstić information content (AvgIpc) is 3.53. The molecule has 0 fully saturated rings. The molecule has 36 heavy (non-hydrogen) atoms.